The molecule has 0 fully saturated rings. The van der Waals surface area contributed by atoms with E-state index in [2.05, 4.69) is 38.2 Å². The molecule has 0 aliphatic carbocycles. The number of hydrogen-bond acceptors (Lipinski definition) is 2. The van der Waals surface area contributed by atoms with Crippen molar-refractivity contribution in [1.29, 1.82) is 0 Å². The maximum atomic E-state index is 11.6. The van der Waals surface area contributed by atoms with Crippen LogP contribution in [0.25, 0.3) is 0 Å². The van der Waals surface area contributed by atoms with Gasteiger partial charge in [0.15, 0.2) is 0 Å². The van der Waals surface area contributed by atoms with E-state index >= 15 is 0 Å². The molecule has 7 heteroatoms. The minimum absolute atomic E-state index is 0.0296. The molecule has 19 heavy (non-hydrogen) atoms. The number of nitrogens with one attached hydrogen (secondary N) is 2. The van der Waals surface area contributed by atoms with Gasteiger partial charge in [0.1, 0.15) is 0 Å². The topological polar surface area (TPSA) is 79.5 Å². The Hall–Kier alpha value is -1.02. The van der Waals surface area contributed by atoms with Crippen LogP contribution in [0.3, 0.4) is 0 Å². The molecule has 0 aromatic heterocycles. The van der Waals surface area contributed by atoms with Crippen LogP contribution < -0.4 is 16.4 Å². The molecule has 1 aromatic carbocycles. The van der Waals surface area contributed by atoms with Gasteiger partial charge in [-0.15, -0.1) is 0 Å². The predicted molar refractivity (Wildman–Crippen MR) is 86.9 cm³/mol. The standard InChI is InChI=1S/C12H16ClIN4O/c1-12(2,3)18-11(19)17-10(15)16-9-5-4-7(13)6-8(9)14/h4-6H,1-3H3,(H4,15,16,17,18,19). The van der Waals surface area contributed by atoms with Crippen molar-refractivity contribution in [3.8, 4) is 0 Å². The Morgan fingerprint density at radius 3 is 2.58 bits per heavy atom. The lowest BCUT2D eigenvalue weighted by molar-refractivity contribution is 0.236. The van der Waals surface area contributed by atoms with Gasteiger partial charge < -0.3 is 11.1 Å². The molecular weight excluding hydrogens is 379 g/mol. The number of carbonyl (C=O) groups excluding carboxylic acids is 1. The molecule has 0 saturated carbocycles. The summed E-state index contributed by atoms with van der Waals surface area (Å²) in [6.07, 6.45) is 0. The Labute approximate surface area is 131 Å². The number of nitrogens with two attached hydrogens (primary N) is 1. The van der Waals surface area contributed by atoms with Gasteiger partial charge in [-0.1, -0.05) is 11.6 Å². The second-order valence-corrected chi connectivity index (χ2v) is 6.52. The van der Waals surface area contributed by atoms with Crippen LogP contribution in [0.2, 0.25) is 5.02 Å². The minimum Gasteiger partial charge on any atom is -0.369 e. The van der Waals surface area contributed by atoms with Gasteiger partial charge >= 0.3 is 6.03 Å². The summed E-state index contributed by atoms with van der Waals surface area (Å²) in [6, 6.07) is 4.83. The van der Waals surface area contributed by atoms with E-state index in [0.717, 1.165) is 3.57 Å². The first-order valence-electron chi connectivity index (χ1n) is 5.56. The lowest BCUT2D eigenvalue weighted by atomic mass is 10.1. The zero-order chi connectivity index (χ0) is 14.6. The molecule has 0 saturated heterocycles. The summed E-state index contributed by atoms with van der Waals surface area (Å²) in [5.74, 6) is 0.0296. The number of aliphatic imine (C=N–C) groups is 1. The Morgan fingerprint density at radius 2 is 2.05 bits per heavy atom. The third-order valence-corrected chi connectivity index (χ3v) is 2.98. The third-order valence-electron chi connectivity index (χ3n) is 1.88. The quantitative estimate of drug-likeness (QED) is 0.389. The Morgan fingerprint density at radius 1 is 1.42 bits per heavy atom. The summed E-state index contributed by atoms with van der Waals surface area (Å²) < 4.78 is 0.853. The molecule has 104 valence electrons. The monoisotopic (exact) mass is 394 g/mol. The van der Waals surface area contributed by atoms with Crippen molar-refractivity contribution in [3.05, 3.63) is 26.8 Å². The van der Waals surface area contributed by atoms with Crippen molar-refractivity contribution in [3.63, 3.8) is 0 Å². The SMILES string of the molecule is CC(C)(C)NC(=O)NC(N)=Nc1ccc(Cl)cc1I. The number of amides is 2. The maximum Gasteiger partial charge on any atom is 0.321 e. The van der Waals surface area contributed by atoms with Crippen molar-refractivity contribution >= 4 is 51.9 Å². The molecule has 0 radical (unpaired) electrons. The zero-order valence-electron chi connectivity index (χ0n) is 10.9. The summed E-state index contributed by atoms with van der Waals surface area (Å²) in [7, 11) is 0. The summed E-state index contributed by atoms with van der Waals surface area (Å²) in [6.45, 7) is 5.63. The van der Waals surface area contributed by atoms with Crippen molar-refractivity contribution < 1.29 is 4.79 Å². The lowest BCUT2D eigenvalue weighted by Gasteiger charge is -2.20. The summed E-state index contributed by atoms with van der Waals surface area (Å²) in [4.78, 5) is 15.7. The van der Waals surface area contributed by atoms with Gasteiger partial charge in [0.25, 0.3) is 0 Å². The highest BCUT2D eigenvalue weighted by Crippen LogP contribution is 2.24. The summed E-state index contributed by atoms with van der Waals surface area (Å²) >= 11 is 7.95. The van der Waals surface area contributed by atoms with Gasteiger partial charge in [-0.05, 0) is 61.6 Å². The second-order valence-electron chi connectivity index (χ2n) is 4.92. The number of hydrogen-bond donors (Lipinski definition) is 3. The number of benzene rings is 1. The Balaban J connectivity index is 2.74. The second kappa shape index (κ2) is 6.42. The highest BCUT2D eigenvalue weighted by molar-refractivity contribution is 14.1. The Kier molecular flexibility index (Phi) is 5.42. The molecule has 1 aromatic rings. The van der Waals surface area contributed by atoms with E-state index in [4.69, 9.17) is 17.3 Å². The molecule has 0 aliphatic rings. The van der Waals surface area contributed by atoms with Crippen molar-refractivity contribution in [2.75, 3.05) is 0 Å². The number of rotatable bonds is 1. The van der Waals surface area contributed by atoms with Crippen LogP contribution in [0.4, 0.5) is 10.5 Å². The van der Waals surface area contributed by atoms with Gasteiger partial charge in [-0.3, -0.25) is 5.32 Å². The Bertz CT molecular complexity index is 511. The average Bonchev–Trinajstić information content (AvgIpc) is 2.19. The van der Waals surface area contributed by atoms with Gasteiger partial charge in [0.2, 0.25) is 5.96 Å². The van der Waals surface area contributed by atoms with E-state index in [9.17, 15) is 4.79 Å². The van der Waals surface area contributed by atoms with E-state index in [1.165, 1.54) is 0 Å². The van der Waals surface area contributed by atoms with Crippen LogP contribution in [0, 0.1) is 3.57 Å². The number of carbonyl (C=O) groups is 1. The lowest BCUT2D eigenvalue weighted by Crippen LogP contribution is -2.50. The molecule has 0 bridgehead atoms. The molecule has 2 amide bonds. The average molecular weight is 395 g/mol. The molecule has 4 N–H and O–H groups in total. The highest BCUT2D eigenvalue weighted by Gasteiger charge is 2.14. The van der Waals surface area contributed by atoms with E-state index in [0.29, 0.717) is 10.7 Å². The first-order chi connectivity index (χ1) is 8.67. The maximum absolute atomic E-state index is 11.6. The molecule has 0 spiro atoms. The first-order valence-corrected chi connectivity index (χ1v) is 7.01. The first kappa shape index (κ1) is 16.0. The van der Waals surface area contributed by atoms with Crippen molar-refractivity contribution in [2.45, 2.75) is 26.3 Å². The van der Waals surface area contributed by atoms with Crippen LogP contribution in [-0.4, -0.2) is 17.5 Å². The number of nitrogens with zero attached hydrogens (tertiary/aromatic N) is 1. The van der Waals surface area contributed by atoms with E-state index in [1.54, 1.807) is 18.2 Å². The molecule has 1 rings (SSSR count). The normalized spacial score (nSPS) is 12.2. The fourth-order valence-electron chi connectivity index (χ4n) is 1.22. The van der Waals surface area contributed by atoms with Gasteiger partial charge in [0.05, 0.1) is 5.69 Å². The predicted octanol–water partition coefficient (Wildman–Crippen LogP) is 2.99. The number of guanidine groups is 1. The van der Waals surface area contributed by atoms with Gasteiger partial charge in [-0.2, -0.15) is 0 Å². The van der Waals surface area contributed by atoms with Crippen LogP contribution in [0.1, 0.15) is 20.8 Å². The largest absolute Gasteiger partial charge is 0.369 e. The third kappa shape index (κ3) is 6.11. The number of halogens is 2. The highest BCUT2D eigenvalue weighted by atomic mass is 127. The smallest absolute Gasteiger partial charge is 0.321 e. The molecule has 5 nitrogen and oxygen atoms in total. The fraction of sp³-hybridized carbons (Fsp3) is 0.333. The van der Waals surface area contributed by atoms with Gasteiger partial charge in [-0.25, -0.2) is 9.79 Å². The molecule has 0 atom stereocenters. The van der Waals surface area contributed by atoms with Crippen molar-refractivity contribution in [1.82, 2.24) is 10.6 Å². The summed E-state index contributed by atoms with van der Waals surface area (Å²) in [5, 5.41) is 5.82. The molecule has 0 heterocycles. The zero-order valence-corrected chi connectivity index (χ0v) is 13.8. The van der Waals surface area contributed by atoms with Crippen LogP contribution >= 0.6 is 34.2 Å². The molecular formula is C12H16ClIN4O. The van der Waals surface area contributed by atoms with Gasteiger partial charge in [0, 0.05) is 14.1 Å². The number of urea groups is 1. The van der Waals surface area contributed by atoms with E-state index in [-0.39, 0.29) is 11.5 Å². The fourth-order valence-corrected chi connectivity index (χ4v) is 2.21. The minimum atomic E-state index is -0.391. The van der Waals surface area contributed by atoms with Crippen LogP contribution in [0.5, 0.6) is 0 Å². The van der Waals surface area contributed by atoms with E-state index in [1.807, 2.05) is 20.8 Å². The van der Waals surface area contributed by atoms with Crippen LogP contribution in [0.15, 0.2) is 23.2 Å². The molecule has 0 unspecified atom stereocenters. The van der Waals surface area contributed by atoms with Crippen LogP contribution in [-0.2, 0) is 0 Å². The summed E-state index contributed by atoms with van der Waals surface area (Å²) in [5.41, 5.74) is 5.99. The van der Waals surface area contributed by atoms with Crippen molar-refractivity contribution in [2.24, 2.45) is 10.7 Å². The van der Waals surface area contributed by atoms with E-state index < -0.39 is 6.03 Å². The molecule has 0 aliphatic heterocycles.